The van der Waals surface area contributed by atoms with E-state index < -0.39 is 28.0 Å². The Labute approximate surface area is 166 Å². The smallest absolute Gasteiger partial charge is 0.406 e. The number of rotatable bonds is 5. The third-order valence-corrected chi connectivity index (χ3v) is 6.52. The highest BCUT2D eigenvalue weighted by Gasteiger charge is 2.31. The Kier molecular flexibility index (Phi) is 5.85. The van der Waals surface area contributed by atoms with Crippen molar-refractivity contribution in [2.45, 2.75) is 31.0 Å². The molecule has 3 rings (SSSR count). The van der Waals surface area contributed by atoms with Crippen LogP contribution in [0.3, 0.4) is 0 Å². The van der Waals surface area contributed by atoms with Gasteiger partial charge in [0.1, 0.15) is 5.75 Å². The molecule has 0 bridgehead atoms. The van der Waals surface area contributed by atoms with Crippen molar-refractivity contribution in [1.29, 1.82) is 0 Å². The van der Waals surface area contributed by atoms with Gasteiger partial charge in [-0.25, -0.2) is 8.42 Å². The molecule has 10 heteroatoms. The third kappa shape index (κ3) is 5.07. The van der Waals surface area contributed by atoms with E-state index in [1.165, 1.54) is 28.6 Å². The zero-order valence-electron chi connectivity index (χ0n) is 15.5. The van der Waals surface area contributed by atoms with Gasteiger partial charge < -0.3 is 10.1 Å². The fourth-order valence-electron chi connectivity index (χ4n) is 3.03. The number of carbonyl (C=O) groups excluding carboxylic acids is 1. The number of carbonyl (C=O) groups is 1. The predicted molar refractivity (Wildman–Crippen MR) is 100 cm³/mol. The van der Waals surface area contributed by atoms with E-state index in [1.54, 1.807) is 13.0 Å². The van der Waals surface area contributed by atoms with Crippen molar-refractivity contribution >= 4 is 21.6 Å². The Balaban J connectivity index is 1.78. The number of nitrogens with zero attached hydrogens (tertiary/aromatic N) is 1. The molecule has 1 saturated heterocycles. The second kappa shape index (κ2) is 8.03. The van der Waals surface area contributed by atoms with E-state index in [0.29, 0.717) is 18.7 Å². The second-order valence-electron chi connectivity index (χ2n) is 6.62. The zero-order valence-corrected chi connectivity index (χ0v) is 16.3. The number of halogens is 3. The molecular formula is C19H19F3N2O4S. The van der Waals surface area contributed by atoms with Crippen LogP contribution in [0.2, 0.25) is 0 Å². The Morgan fingerprint density at radius 3 is 2.28 bits per heavy atom. The van der Waals surface area contributed by atoms with Crippen LogP contribution in [-0.2, 0) is 10.0 Å². The van der Waals surface area contributed by atoms with Gasteiger partial charge in [0.25, 0.3) is 5.91 Å². The summed E-state index contributed by atoms with van der Waals surface area (Å²) in [5.41, 5.74) is 0.903. The molecular weight excluding hydrogens is 409 g/mol. The molecule has 1 aliphatic heterocycles. The average Bonchev–Trinajstić information content (AvgIpc) is 3.18. The first-order valence-electron chi connectivity index (χ1n) is 8.84. The van der Waals surface area contributed by atoms with Gasteiger partial charge in [0.2, 0.25) is 10.0 Å². The van der Waals surface area contributed by atoms with Gasteiger partial charge in [0.15, 0.2) is 0 Å². The molecule has 6 nitrogen and oxygen atoms in total. The first-order valence-corrected chi connectivity index (χ1v) is 10.3. The lowest BCUT2D eigenvalue weighted by atomic mass is 10.1. The summed E-state index contributed by atoms with van der Waals surface area (Å²) < 4.78 is 67.5. The van der Waals surface area contributed by atoms with Crippen LogP contribution in [0.4, 0.5) is 18.9 Å². The maximum absolute atomic E-state index is 12.8. The fourth-order valence-corrected chi connectivity index (χ4v) is 4.80. The minimum Gasteiger partial charge on any atom is -0.406 e. The first-order chi connectivity index (χ1) is 13.6. The maximum Gasteiger partial charge on any atom is 0.573 e. The van der Waals surface area contributed by atoms with Crippen molar-refractivity contribution in [2.24, 2.45) is 0 Å². The summed E-state index contributed by atoms with van der Waals surface area (Å²) >= 11 is 0. The Hall–Kier alpha value is -2.59. The highest BCUT2D eigenvalue weighted by Crippen LogP contribution is 2.26. The Morgan fingerprint density at radius 1 is 1.07 bits per heavy atom. The Morgan fingerprint density at radius 2 is 1.69 bits per heavy atom. The van der Waals surface area contributed by atoms with Gasteiger partial charge >= 0.3 is 6.36 Å². The number of ether oxygens (including phenoxy) is 1. The third-order valence-electron chi connectivity index (χ3n) is 4.48. The number of alkyl halides is 3. The molecule has 0 unspecified atom stereocenters. The van der Waals surface area contributed by atoms with Crippen LogP contribution >= 0.6 is 0 Å². The highest BCUT2D eigenvalue weighted by atomic mass is 32.2. The predicted octanol–water partition coefficient (Wildman–Crippen LogP) is 3.93. The number of hydrogen-bond acceptors (Lipinski definition) is 4. The van der Waals surface area contributed by atoms with Gasteiger partial charge in [-0.2, -0.15) is 4.31 Å². The molecule has 0 aromatic heterocycles. The molecule has 1 aliphatic rings. The topological polar surface area (TPSA) is 75.7 Å². The summed E-state index contributed by atoms with van der Waals surface area (Å²) in [5.74, 6) is -0.989. The van der Waals surface area contributed by atoms with E-state index in [2.05, 4.69) is 10.1 Å². The lowest BCUT2D eigenvalue weighted by Gasteiger charge is -2.18. The summed E-state index contributed by atoms with van der Waals surface area (Å²) in [6.07, 6.45) is -3.21. The summed E-state index contributed by atoms with van der Waals surface area (Å²) in [4.78, 5) is 12.6. The van der Waals surface area contributed by atoms with E-state index in [1.807, 2.05) is 0 Å². The molecule has 0 aliphatic carbocycles. The van der Waals surface area contributed by atoms with E-state index >= 15 is 0 Å². The molecule has 156 valence electrons. The monoisotopic (exact) mass is 428 g/mol. The summed E-state index contributed by atoms with van der Waals surface area (Å²) in [6.45, 7) is 2.55. The molecule has 2 aromatic carbocycles. The van der Waals surface area contributed by atoms with Crippen LogP contribution in [0.1, 0.15) is 28.8 Å². The van der Waals surface area contributed by atoms with Crippen molar-refractivity contribution in [1.82, 2.24) is 4.31 Å². The highest BCUT2D eigenvalue weighted by molar-refractivity contribution is 7.89. The second-order valence-corrected chi connectivity index (χ2v) is 8.52. The number of benzene rings is 2. The molecule has 0 saturated carbocycles. The standard InChI is InChI=1S/C19H19F3N2O4S/c1-13-4-5-14(12-17(13)29(26,27)24-10-2-3-11-24)18(25)23-15-6-8-16(9-7-15)28-19(20,21)22/h4-9,12H,2-3,10-11H2,1H3,(H,23,25). The first kappa shape index (κ1) is 21.1. The van der Waals surface area contributed by atoms with Crippen molar-refractivity contribution in [3.8, 4) is 5.75 Å². The normalized spacial score (nSPS) is 15.3. The molecule has 2 aromatic rings. The van der Waals surface area contributed by atoms with Gasteiger partial charge in [-0.1, -0.05) is 6.07 Å². The number of aryl methyl sites for hydroxylation is 1. The number of sulfonamides is 1. The van der Waals surface area contributed by atoms with Gasteiger partial charge in [-0.15, -0.1) is 13.2 Å². The number of hydrogen-bond donors (Lipinski definition) is 1. The minimum absolute atomic E-state index is 0.0703. The SMILES string of the molecule is Cc1ccc(C(=O)Nc2ccc(OC(F)(F)F)cc2)cc1S(=O)(=O)N1CCCC1. The summed E-state index contributed by atoms with van der Waals surface area (Å²) in [7, 11) is -3.69. The molecule has 1 amide bonds. The van der Waals surface area contributed by atoms with Gasteiger partial charge in [-0.3, -0.25) is 4.79 Å². The van der Waals surface area contributed by atoms with E-state index in [9.17, 15) is 26.4 Å². The minimum atomic E-state index is -4.80. The molecule has 1 fully saturated rings. The molecule has 1 N–H and O–H groups in total. The summed E-state index contributed by atoms with van der Waals surface area (Å²) in [6, 6.07) is 9.03. The van der Waals surface area contributed by atoms with Crippen molar-refractivity contribution in [2.75, 3.05) is 18.4 Å². The van der Waals surface area contributed by atoms with Crippen molar-refractivity contribution in [3.63, 3.8) is 0 Å². The largest absolute Gasteiger partial charge is 0.573 e. The van der Waals surface area contributed by atoms with E-state index in [0.717, 1.165) is 25.0 Å². The maximum atomic E-state index is 12.8. The molecule has 0 spiro atoms. The quantitative estimate of drug-likeness (QED) is 0.783. The van der Waals surface area contributed by atoms with Crippen LogP contribution in [-0.4, -0.2) is 38.1 Å². The van der Waals surface area contributed by atoms with Gasteiger partial charge in [-0.05, 0) is 61.7 Å². The van der Waals surface area contributed by atoms with Gasteiger partial charge in [0, 0.05) is 24.3 Å². The Bertz CT molecular complexity index is 999. The number of anilines is 1. The molecule has 29 heavy (non-hydrogen) atoms. The lowest BCUT2D eigenvalue weighted by Crippen LogP contribution is -2.28. The van der Waals surface area contributed by atoms with Crippen LogP contribution in [0, 0.1) is 6.92 Å². The van der Waals surface area contributed by atoms with E-state index in [-0.39, 0.29) is 16.1 Å². The zero-order chi connectivity index (χ0) is 21.2. The lowest BCUT2D eigenvalue weighted by molar-refractivity contribution is -0.274. The molecule has 1 heterocycles. The van der Waals surface area contributed by atoms with E-state index in [4.69, 9.17) is 0 Å². The van der Waals surface area contributed by atoms with Crippen molar-refractivity contribution in [3.05, 3.63) is 53.6 Å². The van der Waals surface area contributed by atoms with Crippen LogP contribution in [0.25, 0.3) is 0 Å². The van der Waals surface area contributed by atoms with Crippen LogP contribution in [0.15, 0.2) is 47.4 Å². The fraction of sp³-hybridized carbons (Fsp3) is 0.316. The molecule has 0 atom stereocenters. The van der Waals surface area contributed by atoms with Gasteiger partial charge in [0.05, 0.1) is 4.90 Å². The van der Waals surface area contributed by atoms with Crippen molar-refractivity contribution < 1.29 is 31.1 Å². The summed E-state index contributed by atoms with van der Waals surface area (Å²) in [5, 5.41) is 2.53. The van der Waals surface area contributed by atoms with Crippen LogP contribution in [0.5, 0.6) is 5.75 Å². The number of amides is 1. The number of nitrogens with one attached hydrogen (secondary N) is 1. The van der Waals surface area contributed by atoms with Crippen LogP contribution < -0.4 is 10.1 Å². The average molecular weight is 428 g/mol. The molecule has 0 radical (unpaired) electrons.